The van der Waals surface area contributed by atoms with Gasteiger partial charge in [0.25, 0.3) is 5.91 Å². The van der Waals surface area contributed by atoms with Gasteiger partial charge in [0.2, 0.25) is 0 Å². The Labute approximate surface area is 152 Å². The van der Waals surface area contributed by atoms with Crippen LogP contribution in [0.25, 0.3) is 0 Å². The smallest absolute Gasteiger partial charge is 0.265 e. The van der Waals surface area contributed by atoms with Gasteiger partial charge in [0.1, 0.15) is 4.88 Å². The van der Waals surface area contributed by atoms with E-state index < -0.39 is 0 Å². The fraction of sp³-hybridized carbons (Fsp3) is 0.706. The van der Waals surface area contributed by atoms with Crippen LogP contribution in [-0.4, -0.2) is 73.4 Å². The van der Waals surface area contributed by atoms with Crippen molar-refractivity contribution in [2.45, 2.75) is 31.5 Å². The van der Waals surface area contributed by atoms with E-state index in [9.17, 15) is 9.90 Å². The molecule has 1 N–H and O–H groups in total. The molecule has 2 atom stereocenters. The summed E-state index contributed by atoms with van der Waals surface area (Å²) in [6.07, 6.45) is 2.07. The van der Waals surface area contributed by atoms with Crippen molar-refractivity contribution in [2.75, 3.05) is 40.3 Å². The fourth-order valence-electron chi connectivity index (χ4n) is 3.71. The second-order valence-electron chi connectivity index (χ2n) is 7.04. The summed E-state index contributed by atoms with van der Waals surface area (Å²) in [4.78, 5) is 17.1. The first-order valence-electron chi connectivity index (χ1n) is 8.41. The number of amides is 1. The molecule has 1 saturated carbocycles. The van der Waals surface area contributed by atoms with Crippen LogP contribution in [0.4, 0.5) is 0 Å². The number of ether oxygens (including phenoxy) is 1. The van der Waals surface area contributed by atoms with Gasteiger partial charge in [-0.25, -0.2) is 0 Å². The lowest BCUT2D eigenvalue weighted by atomic mass is 9.58. The SMILES string of the molecule is CN(C)CCO[C@H]1C[C@@H](O)C12CCN(C(=O)c1sccc1Cl)CC2. The maximum Gasteiger partial charge on any atom is 0.265 e. The minimum Gasteiger partial charge on any atom is -0.392 e. The van der Waals surface area contributed by atoms with Crippen molar-refractivity contribution in [1.29, 1.82) is 0 Å². The van der Waals surface area contributed by atoms with Gasteiger partial charge >= 0.3 is 0 Å². The monoisotopic (exact) mass is 372 g/mol. The quantitative estimate of drug-likeness (QED) is 0.861. The van der Waals surface area contributed by atoms with Crippen LogP contribution in [0.5, 0.6) is 0 Å². The summed E-state index contributed by atoms with van der Waals surface area (Å²) in [6, 6.07) is 1.76. The molecule has 3 rings (SSSR count). The second kappa shape index (κ2) is 7.30. The summed E-state index contributed by atoms with van der Waals surface area (Å²) in [5.41, 5.74) is -0.178. The lowest BCUT2D eigenvalue weighted by molar-refractivity contribution is -0.209. The Morgan fingerprint density at radius 3 is 2.75 bits per heavy atom. The molecule has 2 fully saturated rings. The molecule has 1 aliphatic heterocycles. The van der Waals surface area contributed by atoms with Crippen molar-refractivity contribution < 1.29 is 14.6 Å². The van der Waals surface area contributed by atoms with Gasteiger partial charge in [-0.2, -0.15) is 0 Å². The van der Waals surface area contributed by atoms with Crippen molar-refractivity contribution >= 4 is 28.8 Å². The van der Waals surface area contributed by atoms with Crippen LogP contribution in [-0.2, 0) is 4.74 Å². The highest BCUT2D eigenvalue weighted by molar-refractivity contribution is 7.12. The molecule has 5 nitrogen and oxygen atoms in total. The zero-order valence-corrected chi connectivity index (χ0v) is 15.8. The molecule has 1 amide bonds. The zero-order chi connectivity index (χ0) is 17.3. The molecule has 0 radical (unpaired) electrons. The first-order valence-corrected chi connectivity index (χ1v) is 9.66. The van der Waals surface area contributed by atoms with E-state index >= 15 is 0 Å². The normalized spacial score (nSPS) is 26.0. The molecule has 1 saturated heterocycles. The highest BCUT2D eigenvalue weighted by Crippen LogP contribution is 2.51. The molecule has 1 aliphatic carbocycles. The van der Waals surface area contributed by atoms with E-state index in [2.05, 4.69) is 4.90 Å². The molecule has 0 bridgehead atoms. The maximum absolute atomic E-state index is 12.6. The van der Waals surface area contributed by atoms with Gasteiger partial charge in [-0.3, -0.25) is 4.79 Å². The fourth-order valence-corrected chi connectivity index (χ4v) is 4.81. The maximum atomic E-state index is 12.6. The Kier molecular flexibility index (Phi) is 5.52. The average molecular weight is 373 g/mol. The minimum absolute atomic E-state index is 0.00346. The summed E-state index contributed by atoms with van der Waals surface area (Å²) < 4.78 is 6.02. The van der Waals surface area contributed by atoms with Gasteiger partial charge in [-0.1, -0.05) is 11.6 Å². The number of hydrogen-bond acceptors (Lipinski definition) is 5. The van der Waals surface area contributed by atoms with E-state index in [0.29, 0.717) is 36.0 Å². The summed E-state index contributed by atoms with van der Waals surface area (Å²) in [5.74, 6) is 0.00346. The van der Waals surface area contributed by atoms with E-state index in [1.165, 1.54) is 11.3 Å². The number of thiophene rings is 1. The minimum atomic E-state index is -0.315. The Morgan fingerprint density at radius 1 is 1.50 bits per heavy atom. The molecule has 0 unspecified atom stereocenters. The van der Waals surface area contributed by atoms with Crippen molar-refractivity contribution in [3.8, 4) is 0 Å². The average Bonchev–Trinajstić information content (AvgIpc) is 2.99. The molecule has 1 spiro atoms. The van der Waals surface area contributed by atoms with E-state index in [0.717, 1.165) is 19.4 Å². The van der Waals surface area contributed by atoms with Gasteiger partial charge in [-0.05, 0) is 38.4 Å². The molecule has 24 heavy (non-hydrogen) atoms. The number of likely N-dealkylation sites (N-methyl/N-ethyl adjacent to an activating group) is 1. The van der Waals surface area contributed by atoms with Crippen LogP contribution < -0.4 is 0 Å². The first-order chi connectivity index (χ1) is 11.4. The number of aliphatic hydroxyl groups is 1. The van der Waals surface area contributed by atoms with Crippen LogP contribution >= 0.6 is 22.9 Å². The third kappa shape index (κ3) is 3.35. The lowest BCUT2D eigenvalue weighted by Gasteiger charge is -2.56. The number of halogens is 1. The van der Waals surface area contributed by atoms with Crippen LogP contribution in [0.1, 0.15) is 28.9 Å². The summed E-state index contributed by atoms with van der Waals surface area (Å²) in [6.45, 7) is 2.86. The Bertz CT molecular complexity index is 584. The molecule has 134 valence electrons. The number of rotatable bonds is 5. The largest absolute Gasteiger partial charge is 0.392 e. The number of piperidine rings is 1. The predicted octanol–water partition coefficient (Wildman–Crippen LogP) is 2.34. The van der Waals surface area contributed by atoms with Gasteiger partial charge < -0.3 is 19.6 Å². The van der Waals surface area contributed by atoms with Crippen molar-refractivity contribution in [3.63, 3.8) is 0 Å². The summed E-state index contributed by atoms with van der Waals surface area (Å²) >= 11 is 7.46. The van der Waals surface area contributed by atoms with Gasteiger partial charge in [0.05, 0.1) is 23.8 Å². The number of likely N-dealkylation sites (tertiary alicyclic amines) is 1. The zero-order valence-electron chi connectivity index (χ0n) is 14.2. The number of carbonyl (C=O) groups is 1. The predicted molar refractivity (Wildman–Crippen MR) is 95.8 cm³/mol. The van der Waals surface area contributed by atoms with E-state index in [-0.39, 0.29) is 23.5 Å². The van der Waals surface area contributed by atoms with Crippen molar-refractivity contribution in [1.82, 2.24) is 9.80 Å². The molecule has 1 aromatic rings. The highest BCUT2D eigenvalue weighted by atomic mass is 35.5. The lowest BCUT2D eigenvalue weighted by Crippen LogP contribution is -2.62. The van der Waals surface area contributed by atoms with Gasteiger partial charge in [0.15, 0.2) is 0 Å². The van der Waals surface area contributed by atoms with Crippen LogP contribution in [0.2, 0.25) is 5.02 Å². The Hall–Kier alpha value is -0.660. The van der Waals surface area contributed by atoms with E-state index in [1.807, 2.05) is 24.4 Å². The third-order valence-electron chi connectivity index (χ3n) is 5.39. The van der Waals surface area contributed by atoms with E-state index in [4.69, 9.17) is 16.3 Å². The summed E-state index contributed by atoms with van der Waals surface area (Å²) in [7, 11) is 4.04. The molecule has 0 aromatic carbocycles. The molecule has 7 heteroatoms. The number of aliphatic hydroxyl groups excluding tert-OH is 1. The molecular formula is C17H25ClN2O3S. The number of carbonyl (C=O) groups excluding carboxylic acids is 1. The van der Waals surface area contributed by atoms with Crippen LogP contribution in [0.15, 0.2) is 11.4 Å². The topological polar surface area (TPSA) is 53.0 Å². The standard InChI is InChI=1S/C17H25ClN2O3S/c1-19(2)8-9-23-14-11-13(21)17(14)4-6-20(7-5-17)16(22)15-12(18)3-10-24-15/h3,10,13-14,21H,4-9,11H2,1-2H3/t13-,14+/m1/s1. The van der Waals surface area contributed by atoms with Crippen molar-refractivity contribution in [2.24, 2.45) is 5.41 Å². The molecule has 2 aliphatic rings. The van der Waals surface area contributed by atoms with Gasteiger partial charge in [0, 0.05) is 31.5 Å². The highest BCUT2D eigenvalue weighted by Gasteiger charge is 2.56. The van der Waals surface area contributed by atoms with Crippen LogP contribution in [0, 0.1) is 5.41 Å². The third-order valence-corrected chi connectivity index (χ3v) is 6.72. The molecule has 1 aromatic heterocycles. The molecular weight excluding hydrogens is 348 g/mol. The van der Waals surface area contributed by atoms with E-state index in [1.54, 1.807) is 6.07 Å². The summed E-state index contributed by atoms with van der Waals surface area (Å²) in [5, 5.41) is 12.7. The van der Waals surface area contributed by atoms with Crippen molar-refractivity contribution in [3.05, 3.63) is 21.3 Å². The number of nitrogens with zero attached hydrogens (tertiary/aromatic N) is 2. The Balaban J connectivity index is 1.57. The van der Waals surface area contributed by atoms with Crippen LogP contribution in [0.3, 0.4) is 0 Å². The molecule has 2 heterocycles. The number of hydrogen-bond donors (Lipinski definition) is 1. The van der Waals surface area contributed by atoms with Gasteiger partial charge in [-0.15, -0.1) is 11.3 Å². The first kappa shape index (κ1) is 18.1. The Morgan fingerprint density at radius 2 is 2.21 bits per heavy atom. The second-order valence-corrected chi connectivity index (χ2v) is 8.36.